The molecule has 2 fully saturated rings. The summed E-state index contributed by atoms with van der Waals surface area (Å²) in [4.78, 5) is 32.7. The fourth-order valence-electron chi connectivity index (χ4n) is 4.25. The molecule has 1 saturated heterocycles. The molecule has 2 aliphatic rings. The minimum absolute atomic E-state index is 0.177. The quantitative estimate of drug-likeness (QED) is 0.878. The van der Waals surface area contributed by atoms with Gasteiger partial charge in [0.1, 0.15) is 5.52 Å². The molecule has 1 aromatic heterocycles. The first-order valence-corrected chi connectivity index (χ1v) is 9.73. The molecule has 0 spiro atoms. The summed E-state index contributed by atoms with van der Waals surface area (Å²) in [7, 11) is 1.77. The van der Waals surface area contributed by atoms with Crippen LogP contribution in [0.1, 0.15) is 38.0 Å². The van der Waals surface area contributed by atoms with Crippen LogP contribution in [0.25, 0.3) is 11.1 Å². The van der Waals surface area contributed by atoms with Crippen molar-refractivity contribution in [2.24, 2.45) is 5.92 Å². The van der Waals surface area contributed by atoms with Crippen LogP contribution in [0.3, 0.4) is 0 Å². The molecule has 1 aromatic carbocycles. The molecular weight excluding hydrogens is 344 g/mol. The summed E-state index contributed by atoms with van der Waals surface area (Å²) in [6.45, 7) is 1.59. The summed E-state index contributed by atoms with van der Waals surface area (Å²) in [6, 6.07) is 7.76. The maximum absolute atomic E-state index is 12.4. The number of hydrogen-bond acceptors (Lipinski definition) is 4. The van der Waals surface area contributed by atoms with E-state index in [1.54, 1.807) is 11.9 Å². The number of carbonyl (C=O) groups excluding carboxylic acids is 2. The Morgan fingerprint density at radius 1 is 1.33 bits per heavy atom. The second kappa shape index (κ2) is 7.58. The number of para-hydroxylation sites is 2. The number of fused-ring (bicyclic) bond motifs is 1. The normalized spacial score (nSPS) is 20.6. The zero-order valence-electron chi connectivity index (χ0n) is 15.7. The zero-order chi connectivity index (χ0) is 18.8. The molecule has 1 aliphatic carbocycles. The number of aromatic nitrogens is 1. The van der Waals surface area contributed by atoms with Gasteiger partial charge in [-0.3, -0.25) is 4.79 Å². The third-order valence-electron chi connectivity index (χ3n) is 5.61. The van der Waals surface area contributed by atoms with Crippen molar-refractivity contribution in [3.8, 4) is 0 Å². The van der Waals surface area contributed by atoms with Gasteiger partial charge in [-0.25, -0.2) is 9.78 Å². The van der Waals surface area contributed by atoms with Gasteiger partial charge in [-0.2, -0.15) is 0 Å². The van der Waals surface area contributed by atoms with Crippen molar-refractivity contribution in [2.45, 2.75) is 44.7 Å². The minimum atomic E-state index is -0.177. The van der Waals surface area contributed by atoms with E-state index in [0.717, 1.165) is 24.9 Å². The van der Waals surface area contributed by atoms with Crippen LogP contribution >= 0.6 is 0 Å². The highest BCUT2D eigenvalue weighted by atomic mass is 16.3. The van der Waals surface area contributed by atoms with Gasteiger partial charge in [-0.1, -0.05) is 25.0 Å². The maximum atomic E-state index is 12.4. The number of nitrogens with one attached hydrogen (secondary N) is 1. The topological polar surface area (TPSA) is 78.7 Å². The molecule has 0 unspecified atom stereocenters. The maximum Gasteiger partial charge on any atom is 0.317 e. The van der Waals surface area contributed by atoms with Crippen molar-refractivity contribution in [2.75, 3.05) is 20.1 Å². The molecule has 7 nitrogen and oxygen atoms in total. The van der Waals surface area contributed by atoms with Crippen molar-refractivity contribution in [1.29, 1.82) is 0 Å². The van der Waals surface area contributed by atoms with Crippen molar-refractivity contribution in [3.63, 3.8) is 0 Å². The summed E-state index contributed by atoms with van der Waals surface area (Å²) >= 11 is 0. The van der Waals surface area contributed by atoms with Crippen LogP contribution in [0.15, 0.2) is 28.7 Å². The van der Waals surface area contributed by atoms with Crippen LogP contribution in [0.4, 0.5) is 4.79 Å². The van der Waals surface area contributed by atoms with Crippen LogP contribution in [0.2, 0.25) is 0 Å². The number of oxazole rings is 1. The third kappa shape index (κ3) is 3.91. The van der Waals surface area contributed by atoms with E-state index in [-0.39, 0.29) is 24.4 Å². The van der Waals surface area contributed by atoms with Crippen molar-refractivity contribution < 1.29 is 14.0 Å². The fraction of sp³-hybridized carbons (Fsp3) is 0.550. The Morgan fingerprint density at radius 2 is 2.11 bits per heavy atom. The number of carbonyl (C=O) groups is 2. The predicted octanol–water partition coefficient (Wildman–Crippen LogP) is 2.76. The number of amides is 3. The molecule has 0 bridgehead atoms. The number of urea groups is 1. The Kier molecular flexibility index (Phi) is 5.01. The number of hydrogen-bond donors (Lipinski definition) is 1. The lowest BCUT2D eigenvalue weighted by molar-refractivity contribution is -0.129. The Hall–Kier alpha value is -2.57. The molecule has 7 heteroatoms. The molecule has 0 radical (unpaired) electrons. The lowest BCUT2D eigenvalue weighted by Crippen LogP contribution is -2.40. The Labute approximate surface area is 158 Å². The standard InChI is InChI=1S/C20H26N4O3/c1-23(12-14-10-19(25)24(13-14)15-6-2-3-7-15)20(26)21-11-18-22-16-8-4-5-9-17(16)27-18/h4-5,8-9,14-15H,2-3,6-7,10-13H2,1H3,(H,21,26)/t14-/m1/s1. The fourth-order valence-corrected chi connectivity index (χ4v) is 4.25. The molecule has 1 atom stereocenters. The number of likely N-dealkylation sites (tertiary alicyclic amines) is 1. The van der Waals surface area contributed by atoms with Crippen molar-refractivity contribution in [1.82, 2.24) is 20.1 Å². The monoisotopic (exact) mass is 370 g/mol. The molecule has 4 rings (SSSR count). The van der Waals surface area contributed by atoms with Crippen LogP contribution in [0, 0.1) is 5.92 Å². The molecule has 3 amide bonds. The van der Waals surface area contributed by atoms with Gasteiger partial charge in [0, 0.05) is 38.5 Å². The van der Waals surface area contributed by atoms with Crippen molar-refractivity contribution in [3.05, 3.63) is 30.2 Å². The molecule has 1 aliphatic heterocycles. The van der Waals surface area contributed by atoms with E-state index in [0.29, 0.717) is 30.5 Å². The first kappa shape index (κ1) is 17.8. The zero-order valence-corrected chi connectivity index (χ0v) is 15.7. The molecule has 27 heavy (non-hydrogen) atoms. The number of nitrogens with zero attached hydrogens (tertiary/aromatic N) is 3. The molecule has 144 valence electrons. The second-order valence-corrected chi connectivity index (χ2v) is 7.67. The minimum Gasteiger partial charge on any atom is -0.439 e. The van der Waals surface area contributed by atoms with Gasteiger partial charge in [0.2, 0.25) is 11.8 Å². The smallest absolute Gasteiger partial charge is 0.317 e. The van der Waals surface area contributed by atoms with Gasteiger partial charge in [0.25, 0.3) is 0 Å². The number of rotatable bonds is 5. The lowest BCUT2D eigenvalue weighted by atomic mass is 10.1. The molecule has 2 aromatic rings. The van der Waals surface area contributed by atoms with E-state index >= 15 is 0 Å². The van der Waals surface area contributed by atoms with Gasteiger partial charge in [0.05, 0.1) is 6.54 Å². The molecule has 2 heterocycles. The lowest BCUT2D eigenvalue weighted by Gasteiger charge is -2.25. The highest BCUT2D eigenvalue weighted by Crippen LogP contribution is 2.29. The van der Waals surface area contributed by atoms with Gasteiger partial charge >= 0.3 is 6.03 Å². The summed E-state index contributed by atoms with van der Waals surface area (Å²) in [5.74, 6) is 0.937. The highest BCUT2D eigenvalue weighted by molar-refractivity contribution is 5.79. The highest BCUT2D eigenvalue weighted by Gasteiger charge is 2.36. The Balaban J connectivity index is 1.27. The Bertz CT molecular complexity index is 794. The van der Waals surface area contributed by atoms with E-state index in [1.807, 2.05) is 29.2 Å². The average Bonchev–Trinajstić information content (AvgIpc) is 3.38. The van der Waals surface area contributed by atoms with E-state index < -0.39 is 0 Å². The van der Waals surface area contributed by atoms with Gasteiger partial charge < -0.3 is 19.5 Å². The van der Waals surface area contributed by atoms with Gasteiger partial charge in [-0.05, 0) is 25.0 Å². The SMILES string of the molecule is CN(C[C@H]1CC(=O)N(C2CCCC2)C1)C(=O)NCc1nc2ccccc2o1. The molecule has 1 N–H and O–H groups in total. The van der Waals surface area contributed by atoms with Gasteiger partial charge in [-0.15, -0.1) is 0 Å². The van der Waals surface area contributed by atoms with E-state index in [2.05, 4.69) is 10.3 Å². The van der Waals surface area contributed by atoms with Crippen LogP contribution in [-0.2, 0) is 11.3 Å². The summed E-state index contributed by atoms with van der Waals surface area (Å²) < 4.78 is 5.62. The molecule has 1 saturated carbocycles. The van der Waals surface area contributed by atoms with Crippen LogP contribution in [0.5, 0.6) is 0 Å². The Morgan fingerprint density at radius 3 is 2.89 bits per heavy atom. The molecular formula is C20H26N4O3. The largest absolute Gasteiger partial charge is 0.439 e. The summed E-state index contributed by atoms with van der Waals surface area (Å²) in [5, 5.41) is 2.84. The first-order chi connectivity index (χ1) is 13.1. The van der Waals surface area contributed by atoms with E-state index in [4.69, 9.17) is 4.42 Å². The van der Waals surface area contributed by atoms with Crippen molar-refractivity contribution >= 4 is 23.0 Å². The first-order valence-electron chi connectivity index (χ1n) is 9.73. The third-order valence-corrected chi connectivity index (χ3v) is 5.61. The summed E-state index contributed by atoms with van der Waals surface area (Å²) in [5.41, 5.74) is 1.50. The average molecular weight is 370 g/mol. The second-order valence-electron chi connectivity index (χ2n) is 7.67. The van der Waals surface area contributed by atoms with Gasteiger partial charge in [0.15, 0.2) is 5.58 Å². The number of benzene rings is 1. The van der Waals surface area contributed by atoms with Crippen LogP contribution in [-0.4, -0.2) is 52.9 Å². The van der Waals surface area contributed by atoms with E-state index in [9.17, 15) is 9.59 Å². The predicted molar refractivity (Wildman–Crippen MR) is 101 cm³/mol. The summed E-state index contributed by atoms with van der Waals surface area (Å²) in [6.07, 6.45) is 5.23. The van der Waals surface area contributed by atoms with E-state index in [1.165, 1.54) is 12.8 Å². The van der Waals surface area contributed by atoms with Crippen LogP contribution < -0.4 is 5.32 Å².